The van der Waals surface area contributed by atoms with E-state index in [4.69, 9.17) is 0 Å². The molecule has 0 aromatic heterocycles. The van der Waals surface area contributed by atoms with E-state index in [2.05, 4.69) is 0 Å². The number of carbonyl (C=O) groups is 1. The van der Waals surface area contributed by atoms with Crippen LogP contribution in [0.3, 0.4) is 0 Å². The lowest BCUT2D eigenvalue weighted by molar-refractivity contribution is -0.385. The van der Waals surface area contributed by atoms with Gasteiger partial charge in [-0.05, 0) is 13.3 Å². The Morgan fingerprint density at radius 3 is 2.00 bits per heavy atom. The third-order valence-electron chi connectivity index (χ3n) is 2.77. The van der Waals surface area contributed by atoms with Crippen molar-refractivity contribution in [3.8, 4) is 0 Å². The number of benzene rings is 1. The van der Waals surface area contributed by atoms with Gasteiger partial charge >= 0.3 is 0 Å². The first kappa shape index (κ1) is 20.6. The standard InChI is InChI=1S/C12H15NO3.2C2H6/c1-9(14)12(2,3)8-10-6-4-5-7-11(10)13(15)16;2*1-2/h4-7H,8H2,1-3H3;2*1-2H3. The molecule has 0 aliphatic carbocycles. The number of rotatable bonds is 4. The number of hydrogen-bond acceptors (Lipinski definition) is 3. The van der Waals surface area contributed by atoms with Crippen LogP contribution in [-0.2, 0) is 11.2 Å². The summed E-state index contributed by atoms with van der Waals surface area (Å²) in [6.07, 6.45) is 0.388. The molecular formula is C16H27NO3. The number of carbonyl (C=O) groups excluding carboxylic acids is 1. The van der Waals surface area contributed by atoms with Crippen LogP contribution in [0.4, 0.5) is 5.69 Å². The summed E-state index contributed by atoms with van der Waals surface area (Å²) < 4.78 is 0. The first-order chi connectivity index (χ1) is 9.34. The van der Waals surface area contributed by atoms with Crippen molar-refractivity contribution in [3.05, 3.63) is 39.9 Å². The van der Waals surface area contributed by atoms with Crippen molar-refractivity contribution in [2.24, 2.45) is 5.41 Å². The van der Waals surface area contributed by atoms with Gasteiger partial charge in [0, 0.05) is 17.0 Å². The van der Waals surface area contributed by atoms with Crippen LogP contribution in [0.25, 0.3) is 0 Å². The van der Waals surface area contributed by atoms with E-state index >= 15 is 0 Å². The second-order valence-corrected chi connectivity index (χ2v) is 4.50. The van der Waals surface area contributed by atoms with Crippen molar-refractivity contribution >= 4 is 11.5 Å². The average molecular weight is 281 g/mol. The van der Waals surface area contributed by atoms with Crippen molar-refractivity contribution in [2.45, 2.75) is 54.9 Å². The smallest absolute Gasteiger partial charge is 0.272 e. The summed E-state index contributed by atoms with van der Waals surface area (Å²) in [6.45, 7) is 13.1. The lowest BCUT2D eigenvalue weighted by atomic mass is 9.82. The minimum absolute atomic E-state index is 0.0330. The van der Waals surface area contributed by atoms with Crippen LogP contribution >= 0.6 is 0 Å². The zero-order valence-electron chi connectivity index (χ0n) is 13.7. The van der Waals surface area contributed by atoms with Gasteiger partial charge in [-0.25, -0.2) is 0 Å². The normalized spacial score (nSPS) is 9.55. The number of Topliss-reactive ketones (excluding diaryl/α,β-unsaturated/α-hetero) is 1. The number of nitro benzene ring substituents is 1. The van der Waals surface area contributed by atoms with Crippen molar-refractivity contribution in [1.29, 1.82) is 0 Å². The maximum Gasteiger partial charge on any atom is 0.272 e. The topological polar surface area (TPSA) is 60.2 Å². The van der Waals surface area contributed by atoms with Gasteiger partial charge in [-0.3, -0.25) is 14.9 Å². The highest BCUT2D eigenvalue weighted by atomic mass is 16.6. The van der Waals surface area contributed by atoms with E-state index in [0.717, 1.165) is 0 Å². The number of ketones is 1. The second kappa shape index (κ2) is 10.1. The van der Waals surface area contributed by atoms with Gasteiger partial charge in [0.25, 0.3) is 5.69 Å². The molecule has 0 saturated carbocycles. The molecule has 114 valence electrons. The van der Waals surface area contributed by atoms with Gasteiger partial charge in [-0.15, -0.1) is 0 Å². The van der Waals surface area contributed by atoms with Gasteiger partial charge in [0.15, 0.2) is 0 Å². The molecule has 0 atom stereocenters. The van der Waals surface area contributed by atoms with Gasteiger partial charge < -0.3 is 0 Å². The summed E-state index contributed by atoms with van der Waals surface area (Å²) in [5.41, 5.74) is 0.121. The fourth-order valence-electron chi connectivity index (χ4n) is 1.44. The van der Waals surface area contributed by atoms with Gasteiger partial charge in [-0.1, -0.05) is 59.7 Å². The summed E-state index contributed by atoms with van der Waals surface area (Å²) in [6, 6.07) is 6.54. The van der Waals surface area contributed by atoms with Crippen molar-refractivity contribution in [2.75, 3.05) is 0 Å². The Balaban J connectivity index is 0. The molecule has 0 bridgehead atoms. The minimum atomic E-state index is -0.563. The zero-order chi connectivity index (χ0) is 16.3. The van der Waals surface area contributed by atoms with E-state index < -0.39 is 10.3 Å². The summed E-state index contributed by atoms with van der Waals surface area (Å²) in [5.74, 6) is 0.0330. The van der Waals surface area contributed by atoms with Crippen LogP contribution in [0.5, 0.6) is 0 Å². The fourth-order valence-corrected chi connectivity index (χ4v) is 1.44. The number of nitro groups is 1. The largest absolute Gasteiger partial charge is 0.299 e. The van der Waals surface area contributed by atoms with Crippen molar-refractivity contribution in [1.82, 2.24) is 0 Å². The molecule has 1 aromatic carbocycles. The maximum atomic E-state index is 11.4. The highest BCUT2D eigenvalue weighted by Crippen LogP contribution is 2.28. The van der Waals surface area contributed by atoms with Crippen LogP contribution in [-0.4, -0.2) is 10.7 Å². The SMILES string of the molecule is CC.CC.CC(=O)C(C)(C)Cc1ccccc1[N+](=O)[O-]. The van der Waals surface area contributed by atoms with E-state index in [0.29, 0.717) is 12.0 Å². The molecule has 0 aliphatic heterocycles. The molecule has 20 heavy (non-hydrogen) atoms. The van der Waals surface area contributed by atoms with Gasteiger partial charge in [0.2, 0.25) is 0 Å². The molecule has 0 saturated heterocycles. The monoisotopic (exact) mass is 281 g/mol. The molecular weight excluding hydrogens is 254 g/mol. The predicted octanol–water partition coefficient (Wildman–Crippen LogP) is 4.80. The lowest BCUT2D eigenvalue weighted by Gasteiger charge is -2.20. The molecule has 0 N–H and O–H groups in total. The molecule has 0 unspecified atom stereocenters. The average Bonchev–Trinajstić information content (AvgIpc) is 2.43. The molecule has 4 nitrogen and oxygen atoms in total. The molecule has 0 fully saturated rings. The predicted molar refractivity (Wildman–Crippen MR) is 84.0 cm³/mol. The van der Waals surface area contributed by atoms with E-state index in [-0.39, 0.29) is 11.5 Å². The molecule has 0 amide bonds. The highest BCUT2D eigenvalue weighted by molar-refractivity contribution is 5.82. The third-order valence-corrected chi connectivity index (χ3v) is 2.77. The summed E-state index contributed by atoms with van der Waals surface area (Å²) in [4.78, 5) is 21.8. The second-order valence-electron chi connectivity index (χ2n) is 4.50. The molecule has 4 heteroatoms. The summed E-state index contributed by atoms with van der Waals surface area (Å²) in [5, 5.41) is 10.8. The molecule has 1 rings (SSSR count). The molecule has 1 aromatic rings. The molecule has 0 heterocycles. The third kappa shape index (κ3) is 6.45. The van der Waals surface area contributed by atoms with E-state index in [1.54, 1.807) is 32.0 Å². The molecule has 0 spiro atoms. The Morgan fingerprint density at radius 2 is 1.60 bits per heavy atom. The quantitative estimate of drug-likeness (QED) is 0.588. The number of para-hydroxylation sites is 1. The zero-order valence-corrected chi connectivity index (χ0v) is 13.7. The van der Waals surface area contributed by atoms with Crippen LogP contribution in [0.1, 0.15) is 54.0 Å². The maximum absolute atomic E-state index is 11.4. The number of nitrogens with zero attached hydrogens (tertiary/aromatic N) is 1. The van der Waals surface area contributed by atoms with E-state index in [1.807, 2.05) is 27.7 Å². The Morgan fingerprint density at radius 1 is 1.15 bits per heavy atom. The molecule has 0 aliphatic rings. The summed E-state index contributed by atoms with van der Waals surface area (Å²) in [7, 11) is 0. The van der Waals surface area contributed by atoms with Crippen molar-refractivity contribution < 1.29 is 9.72 Å². The Labute approximate surface area is 122 Å². The van der Waals surface area contributed by atoms with Crippen LogP contribution in [0.2, 0.25) is 0 Å². The minimum Gasteiger partial charge on any atom is -0.299 e. The Hall–Kier alpha value is -1.71. The molecule has 0 radical (unpaired) electrons. The Kier molecular flexibility index (Phi) is 10.4. The first-order valence-electron chi connectivity index (χ1n) is 7.08. The van der Waals surface area contributed by atoms with Crippen molar-refractivity contribution in [3.63, 3.8) is 0 Å². The van der Waals surface area contributed by atoms with E-state index in [9.17, 15) is 14.9 Å². The van der Waals surface area contributed by atoms with Crippen LogP contribution in [0, 0.1) is 15.5 Å². The Bertz CT molecular complexity index is 425. The highest BCUT2D eigenvalue weighted by Gasteiger charge is 2.27. The van der Waals surface area contributed by atoms with Gasteiger partial charge in [-0.2, -0.15) is 0 Å². The van der Waals surface area contributed by atoms with Crippen LogP contribution in [0.15, 0.2) is 24.3 Å². The van der Waals surface area contributed by atoms with Gasteiger partial charge in [0.05, 0.1) is 4.92 Å². The first-order valence-corrected chi connectivity index (χ1v) is 7.08. The van der Waals surface area contributed by atoms with E-state index in [1.165, 1.54) is 13.0 Å². The van der Waals surface area contributed by atoms with Gasteiger partial charge in [0.1, 0.15) is 5.78 Å². The van der Waals surface area contributed by atoms with Crippen LogP contribution < -0.4 is 0 Å². The summed E-state index contributed by atoms with van der Waals surface area (Å²) >= 11 is 0. The number of hydrogen-bond donors (Lipinski definition) is 0. The lowest BCUT2D eigenvalue weighted by Crippen LogP contribution is -2.24. The fraction of sp³-hybridized carbons (Fsp3) is 0.562.